The van der Waals surface area contributed by atoms with Crippen LogP contribution < -0.4 is 10.2 Å². The fourth-order valence-corrected chi connectivity index (χ4v) is 1.98. The summed E-state index contributed by atoms with van der Waals surface area (Å²) in [5.41, 5.74) is 3.53. The van der Waals surface area contributed by atoms with Crippen molar-refractivity contribution in [3.05, 3.63) is 48.5 Å². The number of nitrogens with one attached hydrogen (secondary N) is 1. The Morgan fingerprint density at radius 3 is 2.70 bits per heavy atom. The van der Waals surface area contributed by atoms with Crippen LogP contribution in [0.3, 0.4) is 0 Å². The largest absolute Gasteiger partial charge is 0.384 e. The van der Waals surface area contributed by atoms with Gasteiger partial charge in [-0.25, -0.2) is 0 Å². The standard InChI is InChI=1S/C16H22N4/c1-3-7-19-15-11-16(13-18-12-15)20(2)10-6-14-4-8-17-9-5-14/h4-5,8-9,11-13,19H,3,6-7,10H2,1-2H3. The molecular formula is C16H22N4. The number of nitrogens with zero attached hydrogens (tertiary/aromatic N) is 3. The monoisotopic (exact) mass is 270 g/mol. The van der Waals surface area contributed by atoms with Gasteiger partial charge in [0.1, 0.15) is 0 Å². The van der Waals surface area contributed by atoms with E-state index >= 15 is 0 Å². The van der Waals surface area contributed by atoms with Crippen molar-refractivity contribution in [2.24, 2.45) is 0 Å². The molecule has 0 aromatic carbocycles. The SMILES string of the molecule is CCCNc1cncc(N(C)CCc2ccncc2)c1. The van der Waals surface area contributed by atoms with Gasteiger partial charge in [0.25, 0.3) is 0 Å². The molecule has 0 aliphatic carbocycles. The van der Waals surface area contributed by atoms with Gasteiger partial charge in [-0.1, -0.05) is 6.92 Å². The zero-order valence-corrected chi connectivity index (χ0v) is 12.2. The highest BCUT2D eigenvalue weighted by Crippen LogP contribution is 2.17. The Hall–Kier alpha value is -2.10. The van der Waals surface area contributed by atoms with Gasteiger partial charge in [0, 0.05) is 32.5 Å². The van der Waals surface area contributed by atoms with E-state index in [-0.39, 0.29) is 0 Å². The van der Waals surface area contributed by atoms with E-state index in [0.717, 1.165) is 37.3 Å². The lowest BCUT2D eigenvalue weighted by atomic mass is 10.2. The summed E-state index contributed by atoms with van der Waals surface area (Å²) in [4.78, 5) is 10.6. The van der Waals surface area contributed by atoms with Crippen LogP contribution in [-0.2, 0) is 6.42 Å². The lowest BCUT2D eigenvalue weighted by molar-refractivity contribution is 0.871. The molecule has 0 aliphatic heterocycles. The van der Waals surface area contributed by atoms with E-state index in [0.29, 0.717) is 0 Å². The van der Waals surface area contributed by atoms with Gasteiger partial charge >= 0.3 is 0 Å². The molecule has 2 aromatic heterocycles. The molecule has 0 amide bonds. The fraction of sp³-hybridized carbons (Fsp3) is 0.375. The molecule has 2 heterocycles. The molecule has 0 fully saturated rings. The highest BCUT2D eigenvalue weighted by atomic mass is 15.1. The van der Waals surface area contributed by atoms with Gasteiger partial charge in [-0.15, -0.1) is 0 Å². The second-order valence-corrected chi connectivity index (χ2v) is 4.89. The van der Waals surface area contributed by atoms with Gasteiger partial charge < -0.3 is 10.2 Å². The number of hydrogen-bond donors (Lipinski definition) is 1. The minimum absolute atomic E-state index is 0.961. The van der Waals surface area contributed by atoms with Crippen LogP contribution in [0, 0.1) is 0 Å². The predicted octanol–water partition coefficient (Wildman–Crippen LogP) is 2.98. The summed E-state index contributed by atoms with van der Waals surface area (Å²) in [7, 11) is 2.10. The van der Waals surface area contributed by atoms with E-state index in [9.17, 15) is 0 Å². The Kier molecular flexibility index (Phi) is 5.35. The van der Waals surface area contributed by atoms with Gasteiger partial charge in [-0.05, 0) is 36.6 Å². The van der Waals surface area contributed by atoms with Crippen LogP contribution in [-0.4, -0.2) is 30.1 Å². The zero-order valence-electron chi connectivity index (χ0n) is 12.2. The van der Waals surface area contributed by atoms with Crippen molar-refractivity contribution in [1.29, 1.82) is 0 Å². The Labute approximate surface area is 120 Å². The topological polar surface area (TPSA) is 41.1 Å². The lowest BCUT2D eigenvalue weighted by Gasteiger charge is -2.19. The molecule has 106 valence electrons. The first-order valence-electron chi connectivity index (χ1n) is 7.08. The Morgan fingerprint density at radius 2 is 1.95 bits per heavy atom. The molecule has 0 aliphatic rings. The highest BCUT2D eigenvalue weighted by molar-refractivity contribution is 5.55. The quantitative estimate of drug-likeness (QED) is 0.840. The Bertz CT molecular complexity index is 513. The molecular weight excluding hydrogens is 248 g/mol. The van der Waals surface area contributed by atoms with Crippen molar-refractivity contribution >= 4 is 11.4 Å². The maximum absolute atomic E-state index is 4.30. The van der Waals surface area contributed by atoms with Crippen molar-refractivity contribution in [2.75, 3.05) is 30.4 Å². The van der Waals surface area contributed by atoms with Crippen LogP contribution in [0.4, 0.5) is 11.4 Å². The van der Waals surface area contributed by atoms with E-state index in [4.69, 9.17) is 0 Å². The van der Waals surface area contributed by atoms with Crippen molar-refractivity contribution in [3.8, 4) is 0 Å². The second kappa shape index (κ2) is 7.48. The molecule has 0 bridgehead atoms. The van der Waals surface area contributed by atoms with Gasteiger partial charge in [-0.2, -0.15) is 0 Å². The summed E-state index contributed by atoms with van der Waals surface area (Å²) < 4.78 is 0. The molecule has 0 saturated heterocycles. The maximum atomic E-state index is 4.30. The van der Waals surface area contributed by atoms with E-state index in [1.807, 2.05) is 24.8 Å². The minimum Gasteiger partial charge on any atom is -0.384 e. The summed E-state index contributed by atoms with van der Waals surface area (Å²) in [5.74, 6) is 0. The first-order chi connectivity index (χ1) is 9.79. The van der Waals surface area contributed by atoms with Crippen LogP contribution in [0.2, 0.25) is 0 Å². The van der Waals surface area contributed by atoms with Gasteiger partial charge in [0.2, 0.25) is 0 Å². The van der Waals surface area contributed by atoms with Gasteiger partial charge in [0.05, 0.1) is 23.8 Å². The summed E-state index contributed by atoms with van der Waals surface area (Å²) in [6, 6.07) is 6.27. The number of aromatic nitrogens is 2. The minimum atomic E-state index is 0.961. The first-order valence-corrected chi connectivity index (χ1v) is 7.08. The molecule has 0 radical (unpaired) electrons. The Balaban J connectivity index is 1.93. The van der Waals surface area contributed by atoms with Crippen molar-refractivity contribution in [3.63, 3.8) is 0 Å². The molecule has 0 saturated carbocycles. The van der Waals surface area contributed by atoms with Crippen LogP contribution in [0.5, 0.6) is 0 Å². The molecule has 4 heteroatoms. The number of pyridine rings is 2. The third-order valence-corrected chi connectivity index (χ3v) is 3.23. The van der Waals surface area contributed by atoms with Crippen molar-refractivity contribution in [2.45, 2.75) is 19.8 Å². The van der Waals surface area contributed by atoms with Gasteiger partial charge in [0.15, 0.2) is 0 Å². The van der Waals surface area contributed by atoms with E-state index in [1.54, 1.807) is 0 Å². The van der Waals surface area contributed by atoms with E-state index < -0.39 is 0 Å². The summed E-state index contributed by atoms with van der Waals surface area (Å²) in [6.07, 6.45) is 9.58. The third kappa shape index (κ3) is 4.23. The van der Waals surface area contributed by atoms with Crippen LogP contribution >= 0.6 is 0 Å². The maximum Gasteiger partial charge on any atom is 0.0570 e. The normalized spacial score (nSPS) is 10.3. The average molecular weight is 270 g/mol. The van der Waals surface area contributed by atoms with E-state index in [2.05, 4.69) is 52.4 Å². The summed E-state index contributed by atoms with van der Waals surface area (Å²) in [5, 5.41) is 3.37. The number of anilines is 2. The number of likely N-dealkylation sites (N-methyl/N-ethyl adjacent to an activating group) is 1. The number of hydrogen-bond acceptors (Lipinski definition) is 4. The van der Waals surface area contributed by atoms with E-state index in [1.165, 1.54) is 5.56 Å². The molecule has 0 unspecified atom stereocenters. The third-order valence-electron chi connectivity index (χ3n) is 3.23. The molecule has 2 aromatic rings. The number of rotatable bonds is 7. The molecule has 4 nitrogen and oxygen atoms in total. The second-order valence-electron chi connectivity index (χ2n) is 4.89. The summed E-state index contributed by atoms with van der Waals surface area (Å²) >= 11 is 0. The Morgan fingerprint density at radius 1 is 1.15 bits per heavy atom. The average Bonchev–Trinajstić information content (AvgIpc) is 2.52. The zero-order chi connectivity index (χ0) is 14.2. The van der Waals surface area contributed by atoms with Crippen molar-refractivity contribution in [1.82, 2.24) is 9.97 Å². The fourth-order valence-electron chi connectivity index (χ4n) is 1.98. The van der Waals surface area contributed by atoms with Crippen LogP contribution in [0.1, 0.15) is 18.9 Å². The van der Waals surface area contributed by atoms with Gasteiger partial charge in [-0.3, -0.25) is 9.97 Å². The lowest BCUT2D eigenvalue weighted by Crippen LogP contribution is -2.20. The highest BCUT2D eigenvalue weighted by Gasteiger charge is 2.03. The summed E-state index contributed by atoms with van der Waals surface area (Å²) in [6.45, 7) is 4.10. The smallest absolute Gasteiger partial charge is 0.0570 e. The van der Waals surface area contributed by atoms with Crippen LogP contribution in [0.25, 0.3) is 0 Å². The molecule has 20 heavy (non-hydrogen) atoms. The molecule has 0 atom stereocenters. The molecule has 2 rings (SSSR count). The first kappa shape index (κ1) is 14.3. The predicted molar refractivity (Wildman–Crippen MR) is 84.2 cm³/mol. The van der Waals surface area contributed by atoms with Crippen molar-refractivity contribution < 1.29 is 0 Å². The molecule has 1 N–H and O–H groups in total. The van der Waals surface area contributed by atoms with Crippen LogP contribution in [0.15, 0.2) is 43.0 Å². The molecule has 0 spiro atoms.